The van der Waals surface area contributed by atoms with Gasteiger partial charge in [-0.05, 0) is 137 Å². The fourth-order valence-corrected chi connectivity index (χ4v) is 10.5. The highest BCUT2D eigenvalue weighted by molar-refractivity contribution is 6.11. The Labute approximate surface area is 427 Å². The van der Waals surface area contributed by atoms with Crippen LogP contribution >= 0.6 is 0 Å². The average Bonchev–Trinajstić information content (AvgIpc) is 3.81. The van der Waals surface area contributed by atoms with Crippen molar-refractivity contribution >= 4 is 21.8 Å². The van der Waals surface area contributed by atoms with Crippen molar-refractivity contribution in [2.45, 2.75) is 0 Å². The first-order valence-corrected chi connectivity index (χ1v) is 25.1. The summed E-state index contributed by atoms with van der Waals surface area (Å²) >= 11 is 0. The molecular weight excluding hydrogens is 879 g/mol. The molecule has 342 valence electrons. The maximum absolute atomic E-state index is 2.43. The molecular formula is C72H49N. The molecule has 13 rings (SSSR count). The zero-order valence-electron chi connectivity index (χ0n) is 40.2. The molecule has 1 nitrogen and oxygen atoms in total. The highest BCUT2D eigenvalue weighted by atomic mass is 15.0. The topological polar surface area (TPSA) is 4.93 Å². The lowest BCUT2D eigenvalue weighted by atomic mass is 9.96. The van der Waals surface area contributed by atoms with E-state index in [1.54, 1.807) is 0 Å². The predicted octanol–water partition coefficient (Wildman–Crippen LogP) is 19.8. The third kappa shape index (κ3) is 8.64. The van der Waals surface area contributed by atoms with Crippen molar-refractivity contribution in [2.75, 3.05) is 0 Å². The van der Waals surface area contributed by atoms with E-state index in [1.165, 1.54) is 122 Å². The number of nitrogens with zero attached hydrogens (tertiary/aromatic N) is 1. The minimum atomic E-state index is 1.13. The molecule has 0 saturated heterocycles. The van der Waals surface area contributed by atoms with Crippen molar-refractivity contribution in [3.63, 3.8) is 0 Å². The molecule has 0 N–H and O–H groups in total. The minimum Gasteiger partial charge on any atom is -0.309 e. The van der Waals surface area contributed by atoms with Gasteiger partial charge in [-0.3, -0.25) is 0 Å². The minimum absolute atomic E-state index is 1.13. The second kappa shape index (κ2) is 19.0. The Hall–Kier alpha value is -9.56. The van der Waals surface area contributed by atoms with Crippen LogP contribution in [0.2, 0.25) is 0 Å². The third-order valence-corrected chi connectivity index (χ3v) is 14.5. The van der Waals surface area contributed by atoms with E-state index in [0.29, 0.717) is 0 Å². The summed E-state index contributed by atoms with van der Waals surface area (Å²) in [7, 11) is 0. The van der Waals surface area contributed by atoms with Gasteiger partial charge in [-0.1, -0.05) is 261 Å². The Balaban J connectivity index is 0.823. The fourth-order valence-electron chi connectivity index (χ4n) is 10.5. The number of hydrogen-bond donors (Lipinski definition) is 0. The quantitative estimate of drug-likeness (QED) is 0.129. The third-order valence-electron chi connectivity index (χ3n) is 14.5. The van der Waals surface area contributed by atoms with Crippen molar-refractivity contribution in [3.8, 4) is 106 Å². The predicted molar refractivity (Wildman–Crippen MR) is 310 cm³/mol. The van der Waals surface area contributed by atoms with Crippen LogP contribution in [0.5, 0.6) is 0 Å². The summed E-state index contributed by atoms with van der Waals surface area (Å²) in [5, 5.41) is 2.45. The molecule has 12 aromatic carbocycles. The largest absolute Gasteiger partial charge is 0.309 e. The zero-order valence-corrected chi connectivity index (χ0v) is 40.2. The molecule has 73 heavy (non-hydrogen) atoms. The molecule has 0 saturated carbocycles. The summed E-state index contributed by atoms with van der Waals surface area (Å²) in [4.78, 5) is 0. The van der Waals surface area contributed by atoms with Crippen LogP contribution in [0.3, 0.4) is 0 Å². The van der Waals surface area contributed by atoms with Gasteiger partial charge in [0.1, 0.15) is 0 Å². The van der Waals surface area contributed by atoms with Crippen molar-refractivity contribution in [1.29, 1.82) is 0 Å². The SMILES string of the molecule is c1ccc(-c2ccc(-c3ccc(-c4ccc(-n5c6ccc(-c7ccc(-c8ccc(-c9ccccc9)cc8)cc7)cc6c6cc(-c7ccc(-c8ccc(-c9ccccc9)cc8)cc7)ccc65)cc4)cc3)cc2)cc1. The van der Waals surface area contributed by atoms with Crippen LogP contribution in [0.1, 0.15) is 0 Å². The van der Waals surface area contributed by atoms with Crippen LogP contribution in [0.25, 0.3) is 128 Å². The van der Waals surface area contributed by atoms with Crippen LogP contribution in [0, 0.1) is 0 Å². The lowest BCUT2D eigenvalue weighted by Gasteiger charge is -2.11. The molecule has 1 heterocycles. The van der Waals surface area contributed by atoms with Crippen LogP contribution in [-0.4, -0.2) is 4.57 Å². The van der Waals surface area contributed by atoms with E-state index in [-0.39, 0.29) is 0 Å². The second-order valence-electron chi connectivity index (χ2n) is 18.9. The van der Waals surface area contributed by atoms with Gasteiger partial charge in [-0.25, -0.2) is 0 Å². The van der Waals surface area contributed by atoms with Crippen molar-refractivity contribution in [1.82, 2.24) is 4.57 Å². The van der Waals surface area contributed by atoms with Crippen molar-refractivity contribution in [2.24, 2.45) is 0 Å². The molecule has 0 amide bonds. The molecule has 1 aromatic heterocycles. The van der Waals surface area contributed by atoms with Gasteiger partial charge in [-0.15, -0.1) is 0 Å². The van der Waals surface area contributed by atoms with E-state index in [9.17, 15) is 0 Å². The molecule has 0 aliphatic heterocycles. The van der Waals surface area contributed by atoms with Gasteiger partial charge in [-0.2, -0.15) is 0 Å². The fraction of sp³-hybridized carbons (Fsp3) is 0. The van der Waals surface area contributed by atoms with Gasteiger partial charge in [0.25, 0.3) is 0 Å². The Morgan fingerprint density at radius 1 is 0.151 bits per heavy atom. The van der Waals surface area contributed by atoms with Gasteiger partial charge in [0.05, 0.1) is 11.0 Å². The van der Waals surface area contributed by atoms with Crippen LogP contribution in [0.4, 0.5) is 0 Å². The Morgan fingerprint density at radius 3 is 0.562 bits per heavy atom. The first-order chi connectivity index (χ1) is 36.1. The van der Waals surface area contributed by atoms with Gasteiger partial charge < -0.3 is 4.57 Å². The molecule has 0 radical (unpaired) electrons. The lowest BCUT2D eigenvalue weighted by Crippen LogP contribution is -1.94. The monoisotopic (exact) mass is 927 g/mol. The molecule has 1 heteroatoms. The van der Waals surface area contributed by atoms with Crippen LogP contribution < -0.4 is 0 Å². The van der Waals surface area contributed by atoms with Crippen molar-refractivity contribution < 1.29 is 0 Å². The van der Waals surface area contributed by atoms with Crippen LogP contribution in [-0.2, 0) is 0 Å². The average molecular weight is 928 g/mol. The normalized spacial score (nSPS) is 11.3. The van der Waals surface area contributed by atoms with Crippen LogP contribution in [0.15, 0.2) is 297 Å². The lowest BCUT2D eigenvalue weighted by molar-refractivity contribution is 1.18. The molecule has 0 aliphatic rings. The Kier molecular flexibility index (Phi) is 11.3. The van der Waals surface area contributed by atoms with Gasteiger partial charge in [0.2, 0.25) is 0 Å². The maximum atomic E-state index is 2.43. The van der Waals surface area contributed by atoms with Gasteiger partial charge in [0, 0.05) is 16.5 Å². The maximum Gasteiger partial charge on any atom is 0.0541 e. The smallest absolute Gasteiger partial charge is 0.0541 e. The molecule has 0 spiro atoms. The molecule has 0 unspecified atom stereocenters. The highest BCUT2D eigenvalue weighted by Crippen LogP contribution is 2.39. The summed E-state index contributed by atoms with van der Waals surface area (Å²) in [6.45, 7) is 0. The summed E-state index contributed by atoms with van der Waals surface area (Å²) < 4.78 is 2.43. The van der Waals surface area contributed by atoms with E-state index in [4.69, 9.17) is 0 Å². The van der Waals surface area contributed by atoms with Gasteiger partial charge in [0.15, 0.2) is 0 Å². The molecule has 0 bridgehead atoms. The van der Waals surface area contributed by atoms with E-state index in [2.05, 4.69) is 302 Å². The van der Waals surface area contributed by atoms with Gasteiger partial charge >= 0.3 is 0 Å². The van der Waals surface area contributed by atoms with E-state index >= 15 is 0 Å². The molecule has 13 aromatic rings. The summed E-state index contributed by atoms with van der Waals surface area (Å²) in [5.41, 5.74) is 25.2. The molecule has 0 fully saturated rings. The Bertz CT molecular complexity index is 3820. The van der Waals surface area contributed by atoms with E-state index in [1.807, 2.05) is 0 Å². The molecule has 0 atom stereocenters. The molecule has 0 aliphatic carbocycles. The summed E-state index contributed by atoms with van der Waals surface area (Å²) in [6.07, 6.45) is 0. The second-order valence-corrected chi connectivity index (χ2v) is 18.9. The summed E-state index contributed by atoms with van der Waals surface area (Å²) in [6, 6.07) is 108. The standard InChI is InChI=1S/C72H49N/c1-4-10-50(11-5-1)53-16-22-56(23-17-53)59-28-30-62(31-29-59)63-40-44-68(45-41-63)73-71-46-42-66(64-36-32-60(33-37-64)57-24-18-54(19-25-57)51-12-6-2-7-13-51)48-69(71)70-49-67(43-47-72(70)73)65-38-34-61(35-39-65)58-26-20-55(21-27-58)52-14-8-3-9-15-52/h1-49H. The van der Waals surface area contributed by atoms with E-state index < -0.39 is 0 Å². The number of benzene rings is 12. The number of aromatic nitrogens is 1. The highest BCUT2D eigenvalue weighted by Gasteiger charge is 2.16. The Morgan fingerprint density at radius 2 is 0.329 bits per heavy atom. The first kappa shape index (κ1) is 43.5. The number of fused-ring (bicyclic) bond motifs is 3. The van der Waals surface area contributed by atoms with E-state index in [0.717, 1.165) is 5.69 Å². The van der Waals surface area contributed by atoms with Crippen molar-refractivity contribution in [3.05, 3.63) is 297 Å². The zero-order chi connectivity index (χ0) is 48.5. The number of rotatable bonds is 10. The summed E-state index contributed by atoms with van der Waals surface area (Å²) in [5.74, 6) is 0. The number of hydrogen-bond acceptors (Lipinski definition) is 0. The first-order valence-electron chi connectivity index (χ1n) is 25.1.